The summed E-state index contributed by atoms with van der Waals surface area (Å²) in [6.45, 7) is 0.343. The third-order valence-electron chi connectivity index (χ3n) is 2.10. The van der Waals surface area contributed by atoms with E-state index in [1.807, 2.05) is 0 Å². The lowest BCUT2D eigenvalue weighted by Gasteiger charge is -2.26. The molecule has 1 unspecified atom stereocenters. The van der Waals surface area contributed by atoms with Crippen molar-refractivity contribution in [3.05, 3.63) is 32.4 Å². The van der Waals surface area contributed by atoms with E-state index in [0.717, 1.165) is 0 Å². The Morgan fingerprint density at radius 2 is 1.69 bits per heavy atom. The lowest BCUT2D eigenvalue weighted by atomic mass is 9.96. The molecule has 0 fully saturated rings. The number of hydrogen-bond acceptors (Lipinski definition) is 2. The number of allylic oxidation sites excluding steroid dienone is 2. The standard InChI is InChI=1S/C7H3ClF5NO2/c1-2-4(9)7(13,14(15)16)3(8)5(10)6(2,11)12/h1H3. The van der Waals surface area contributed by atoms with Crippen LogP contribution in [0.4, 0.5) is 22.0 Å². The molecule has 0 aromatic heterocycles. The molecule has 0 amide bonds. The van der Waals surface area contributed by atoms with Crippen molar-refractivity contribution >= 4 is 11.6 Å². The van der Waals surface area contributed by atoms with Gasteiger partial charge in [0, 0.05) is 5.57 Å². The van der Waals surface area contributed by atoms with E-state index >= 15 is 0 Å². The highest BCUT2D eigenvalue weighted by molar-refractivity contribution is 6.31. The predicted molar refractivity (Wildman–Crippen MR) is 43.6 cm³/mol. The monoisotopic (exact) mass is 263 g/mol. The van der Waals surface area contributed by atoms with Crippen molar-refractivity contribution in [2.24, 2.45) is 0 Å². The quantitative estimate of drug-likeness (QED) is 0.315. The topological polar surface area (TPSA) is 43.1 Å². The molecule has 1 rings (SSSR count). The lowest BCUT2D eigenvalue weighted by Crippen LogP contribution is -2.42. The number of nitro groups is 1. The Bertz CT molecular complexity index is 402. The Balaban J connectivity index is 3.60. The highest BCUT2D eigenvalue weighted by Crippen LogP contribution is 2.50. The van der Waals surface area contributed by atoms with Gasteiger partial charge in [0.15, 0.2) is 10.9 Å². The van der Waals surface area contributed by atoms with Gasteiger partial charge < -0.3 is 0 Å². The summed E-state index contributed by atoms with van der Waals surface area (Å²) >= 11 is 4.75. The molecule has 0 radical (unpaired) electrons. The van der Waals surface area contributed by atoms with Crippen molar-refractivity contribution in [1.82, 2.24) is 0 Å². The fourth-order valence-electron chi connectivity index (χ4n) is 1.09. The zero-order chi connectivity index (χ0) is 12.9. The minimum atomic E-state index is -4.48. The van der Waals surface area contributed by atoms with Gasteiger partial charge in [-0.2, -0.15) is 17.6 Å². The maximum absolute atomic E-state index is 13.4. The minimum absolute atomic E-state index is 0.343. The van der Waals surface area contributed by atoms with E-state index in [1.165, 1.54) is 0 Å². The molecule has 1 aliphatic rings. The number of alkyl halides is 3. The Hall–Kier alpha value is -1.18. The zero-order valence-corrected chi connectivity index (χ0v) is 8.29. The van der Waals surface area contributed by atoms with Crippen LogP contribution in [0.5, 0.6) is 0 Å². The Morgan fingerprint density at radius 3 is 2.06 bits per heavy atom. The Kier molecular flexibility index (Phi) is 2.74. The van der Waals surface area contributed by atoms with Crippen molar-refractivity contribution in [2.45, 2.75) is 18.6 Å². The first-order chi connectivity index (χ1) is 7.07. The van der Waals surface area contributed by atoms with Crippen LogP contribution < -0.4 is 0 Å². The maximum atomic E-state index is 13.4. The van der Waals surface area contributed by atoms with Crippen molar-refractivity contribution in [3.8, 4) is 0 Å². The average molecular weight is 264 g/mol. The van der Waals surface area contributed by atoms with Gasteiger partial charge in [-0.3, -0.25) is 10.1 Å². The normalized spacial score (nSPS) is 29.7. The van der Waals surface area contributed by atoms with E-state index in [0.29, 0.717) is 6.92 Å². The molecule has 0 spiro atoms. The van der Waals surface area contributed by atoms with E-state index in [9.17, 15) is 32.1 Å². The largest absolute Gasteiger partial charge is 0.449 e. The van der Waals surface area contributed by atoms with E-state index < -0.39 is 38.9 Å². The predicted octanol–water partition coefficient (Wildman–Crippen LogP) is 3.24. The van der Waals surface area contributed by atoms with E-state index in [4.69, 9.17) is 11.6 Å². The Morgan fingerprint density at radius 1 is 1.25 bits per heavy atom. The molecule has 0 saturated heterocycles. The van der Waals surface area contributed by atoms with E-state index in [2.05, 4.69) is 0 Å². The van der Waals surface area contributed by atoms with Crippen LogP contribution in [-0.2, 0) is 0 Å². The summed E-state index contributed by atoms with van der Waals surface area (Å²) in [5.74, 6) is -13.7. The van der Waals surface area contributed by atoms with E-state index in [-0.39, 0.29) is 0 Å². The zero-order valence-electron chi connectivity index (χ0n) is 7.53. The van der Waals surface area contributed by atoms with Crippen molar-refractivity contribution < 1.29 is 26.9 Å². The van der Waals surface area contributed by atoms with Gasteiger partial charge in [-0.1, -0.05) is 11.6 Å². The Labute approximate surface area is 90.3 Å². The summed E-state index contributed by atoms with van der Waals surface area (Å²) in [4.78, 5) is 8.31. The molecule has 0 N–H and O–H groups in total. The fraction of sp³-hybridized carbons (Fsp3) is 0.429. The first-order valence-corrected chi connectivity index (χ1v) is 4.10. The van der Waals surface area contributed by atoms with Crippen LogP contribution in [0.25, 0.3) is 0 Å². The third-order valence-corrected chi connectivity index (χ3v) is 2.52. The molecule has 1 aliphatic carbocycles. The SMILES string of the molecule is CC1=C(F)C(F)([N+](=O)[O-])C(Cl)=C(F)C1(F)F. The maximum Gasteiger partial charge on any atom is 0.449 e. The van der Waals surface area contributed by atoms with Crippen molar-refractivity contribution in [1.29, 1.82) is 0 Å². The first-order valence-electron chi connectivity index (χ1n) is 3.72. The number of hydrogen-bond donors (Lipinski definition) is 0. The minimum Gasteiger partial charge on any atom is -0.261 e. The van der Waals surface area contributed by atoms with Gasteiger partial charge in [0.05, 0.1) is 4.92 Å². The molecule has 0 aromatic carbocycles. The summed E-state index contributed by atoms with van der Waals surface area (Å²) < 4.78 is 65.2. The third kappa shape index (κ3) is 1.32. The second kappa shape index (κ2) is 3.41. The van der Waals surface area contributed by atoms with Crippen LogP contribution in [0, 0.1) is 10.1 Å². The molecule has 90 valence electrons. The molecule has 0 aromatic rings. The van der Waals surface area contributed by atoms with Gasteiger partial charge >= 0.3 is 11.7 Å². The van der Waals surface area contributed by atoms with Crippen molar-refractivity contribution in [3.63, 3.8) is 0 Å². The number of nitrogens with zero attached hydrogens (tertiary/aromatic N) is 1. The van der Waals surface area contributed by atoms with E-state index in [1.54, 1.807) is 0 Å². The number of halogens is 6. The second-order valence-electron chi connectivity index (χ2n) is 3.02. The molecule has 0 saturated carbocycles. The van der Waals surface area contributed by atoms with Crippen molar-refractivity contribution in [2.75, 3.05) is 0 Å². The molecule has 0 aliphatic heterocycles. The molecule has 16 heavy (non-hydrogen) atoms. The molecular weight excluding hydrogens is 261 g/mol. The summed E-state index contributed by atoms with van der Waals surface area (Å²) in [5, 5.41) is 8.12. The first kappa shape index (κ1) is 12.9. The molecule has 0 bridgehead atoms. The van der Waals surface area contributed by atoms with Gasteiger partial charge in [-0.25, -0.2) is 4.39 Å². The summed E-state index contributed by atoms with van der Waals surface area (Å²) in [5.41, 5.74) is -1.71. The van der Waals surface area contributed by atoms with Crippen LogP contribution in [0.1, 0.15) is 6.92 Å². The summed E-state index contributed by atoms with van der Waals surface area (Å²) in [6.07, 6.45) is 0. The number of rotatable bonds is 1. The molecule has 9 heteroatoms. The van der Waals surface area contributed by atoms with Crippen LogP contribution in [0.2, 0.25) is 0 Å². The van der Waals surface area contributed by atoms with Gasteiger partial charge in [0.25, 0.3) is 0 Å². The van der Waals surface area contributed by atoms with Gasteiger partial charge in [0.2, 0.25) is 5.83 Å². The highest BCUT2D eigenvalue weighted by Gasteiger charge is 2.64. The van der Waals surface area contributed by atoms with Gasteiger partial charge in [0.1, 0.15) is 0 Å². The van der Waals surface area contributed by atoms with Gasteiger partial charge in [-0.15, -0.1) is 0 Å². The highest BCUT2D eigenvalue weighted by atomic mass is 35.5. The average Bonchev–Trinajstić information content (AvgIpc) is 2.21. The summed E-state index contributed by atoms with van der Waals surface area (Å²) in [6, 6.07) is 0. The molecular formula is C7H3ClF5NO2. The van der Waals surface area contributed by atoms with Crippen LogP contribution in [0.15, 0.2) is 22.3 Å². The second-order valence-corrected chi connectivity index (χ2v) is 3.40. The molecule has 1 atom stereocenters. The van der Waals surface area contributed by atoms with Crippen LogP contribution in [-0.4, -0.2) is 16.6 Å². The van der Waals surface area contributed by atoms with Crippen LogP contribution >= 0.6 is 11.6 Å². The molecule has 3 nitrogen and oxygen atoms in total. The smallest absolute Gasteiger partial charge is 0.261 e. The van der Waals surface area contributed by atoms with Gasteiger partial charge in [-0.05, 0) is 6.92 Å². The fourth-order valence-corrected chi connectivity index (χ4v) is 1.36. The summed E-state index contributed by atoms with van der Waals surface area (Å²) in [7, 11) is 0. The molecule has 0 heterocycles. The lowest BCUT2D eigenvalue weighted by molar-refractivity contribution is -0.582. The van der Waals surface area contributed by atoms with Crippen LogP contribution in [0.3, 0.4) is 0 Å².